The van der Waals surface area contributed by atoms with Crippen LogP contribution in [0.2, 0.25) is 0 Å². The van der Waals surface area contributed by atoms with Crippen molar-refractivity contribution in [2.45, 2.75) is 91.4 Å². The quantitative estimate of drug-likeness (QED) is 0.538. The van der Waals surface area contributed by atoms with Gasteiger partial charge in [0.1, 0.15) is 5.78 Å². The molecule has 0 aromatic carbocycles. The largest absolute Gasteiger partial charge is 0.466 e. The van der Waals surface area contributed by atoms with Crippen molar-refractivity contribution in [1.29, 1.82) is 0 Å². The maximum absolute atomic E-state index is 13.1. The fraction of sp³-hybridized carbons (Fsp3) is 0.926. The van der Waals surface area contributed by atoms with E-state index in [1.807, 2.05) is 6.92 Å². The Morgan fingerprint density at radius 1 is 0.933 bits per heavy atom. The lowest BCUT2D eigenvalue weighted by Crippen LogP contribution is -2.72. The molecule has 0 heterocycles. The molecule has 0 N–H and O–H groups in total. The summed E-state index contributed by atoms with van der Waals surface area (Å²) >= 11 is 0. The van der Waals surface area contributed by atoms with Gasteiger partial charge in [-0.2, -0.15) is 0 Å². The van der Waals surface area contributed by atoms with Gasteiger partial charge in [0.15, 0.2) is 0 Å². The number of fused-ring (bicyclic) bond motifs is 6. The van der Waals surface area contributed by atoms with Crippen molar-refractivity contribution in [3.05, 3.63) is 0 Å². The molecule has 6 fully saturated rings. The van der Waals surface area contributed by atoms with E-state index < -0.39 is 0 Å². The molecule has 1 spiro atoms. The Bertz CT molecular complexity index is 774. The Balaban J connectivity index is 1.33. The van der Waals surface area contributed by atoms with Gasteiger partial charge in [-0.1, -0.05) is 20.3 Å². The van der Waals surface area contributed by atoms with Crippen LogP contribution in [0.3, 0.4) is 0 Å². The Morgan fingerprint density at radius 3 is 2.57 bits per heavy atom. The normalized spacial score (nSPS) is 56.1. The topological polar surface area (TPSA) is 43.4 Å². The Morgan fingerprint density at radius 2 is 1.77 bits per heavy atom. The molecule has 6 saturated carbocycles. The summed E-state index contributed by atoms with van der Waals surface area (Å²) in [4.78, 5) is 25.9. The van der Waals surface area contributed by atoms with E-state index in [2.05, 4.69) is 13.8 Å². The van der Waals surface area contributed by atoms with Crippen LogP contribution in [0.25, 0.3) is 0 Å². The number of ketones is 1. The first-order valence-corrected chi connectivity index (χ1v) is 13.1. The second-order valence-electron chi connectivity index (χ2n) is 12.4. The highest BCUT2D eigenvalue weighted by Gasteiger charge is 2.76. The average Bonchev–Trinajstić information content (AvgIpc) is 3.28. The molecule has 0 aliphatic heterocycles. The monoisotopic (exact) mass is 412 g/mol. The van der Waals surface area contributed by atoms with Crippen LogP contribution in [0.15, 0.2) is 0 Å². The minimum atomic E-state index is 0.0653. The number of esters is 1. The summed E-state index contributed by atoms with van der Waals surface area (Å²) in [6, 6.07) is 0. The third-order valence-electron chi connectivity index (χ3n) is 12.2. The molecule has 0 bridgehead atoms. The number of Topliss-reactive ketones (excluding diaryl/α,β-unsaturated/α-hetero) is 1. The number of hydrogen-bond donors (Lipinski definition) is 0. The molecule has 2 unspecified atom stereocenters. The highest BCUT2D eigenvalue weighted by molar-refractivity contribution is 5.85. The van der Waals surface area contributed by atoms with Crippen molar-refractivity contribution in [2.24, 2.45) is 57.7 Å². The highest BCUT2D eigenvalue weighted by Crippen LogP contribution is 2.80. The SMILES string of the molecule is CCOC(=O)[C@H]1CC[C@H]2[C@@H]3CC[C@]45C6CCCC6[C@@H]4C(=O)CC[C@]5(C)[C@H]3CC[C@]12C. The van der Waals surface area contributed by atoms with Gasteiger partial charge in [-0.05, 0) is 111 Å². The predicted molar refractivity (Wildman–Crippen MR) is 116 cm³/mol. The third-order valence-corrected chi connectivity index (χ3v) is 12.2. The molecule has 0 aromatic heterocycles. The van der Waals surface area contributed by atoms with Crippen molar-refractivity contribution in [1.82, 2.24) is 0 Å². The van der Waals surface area contributed by atoms with E-state index in [0.717, 1.165) is 42.9 Å². The Labute approximate surface area is 182 Å². The molecule has 6 aliphatic rings. The maximum atomic E-state index is 13.1. The minimum Gasteiger partial charge on any atom is -0.466 e. The van der Waals surface area contributed by atoms with E-state index in [1.54, 1.807) is 0 Å². The summed E-state index contributed by atoms with van der Waals surface area (Å²) < 4.78 is 5.50. The van der Waals surface area contributed by atoms with Gasteiger partial charge in [0.05, 0.1) is 12.5 Å². The van der Waals surface area contributed by atoms with Crippen molar-refractivity contribution in [3.8, 4) is 0 Å². The molecule has 3 nitrogen and oxygen atoms in total. The molecule has 10 atom stereocenters. The van der Waals surface area contributed by atoms with Crippen molar-refractivity contribution < 1.29 is 14.3 Å². The van der Waals surface area contributed by atoms with Gasteiger partial charge in [0, 0.05) is 12.3 Å². The van der Waals surface area contributed by atoms with E-state index >= 15 is 0 Å². The lowest BCUT2D eigenvalue weighted by Gasteiger charge is -2.75. The van der Waals surface area contributed by atoms with Gasteiger partial charge < -0.3 is 4.74 Å². The number of hydrogen-bond acceptors (Lipinski definition) is 3. The Hall–Kier alpha value is -0.860. The van der Waals surface area contributed by atoms with Crippen molar-refractivity contribution in [3.63, 3.8) is 0 Å². The lowest BCUT2D eigenvalue weighted by molar-refractivity contribution is -0.265. The summed E-state index contributed by atoms with van der Waals surface area (Å²) in [5.41, 5.74) is 0.814. The number of rotatable bonds is 2. The first kappa shape index (κ1) is 19.8. The second-order valence-corrected chi connectivity index (χ2v) is 12.4. The zero-order chi connectivity index (χ0) is 20.9. The fourth-order valence-electron chi connectivity index (χ4n) is 11.3. The molecule has 30 heavy (non-hydrogen) atoms. The second kappa shape index (κ2) is 6.35. The molecular formula is C27H40O3. The van der Waals surface area contributed by atoms with Crippen LogP contribution in [0.4, 0.5) is 0 Å². The fourth-order valence-corrected chi connectivity index (χ4v) is 11.3. The summed E-state index contributed by atoms with van der Waals surface area (Å²) in [5.74, 6) is 4.95. The Kier molecular flexibility index (Phi) is 4.19. The molecule has 6 aliphatic carbocycles. The highest BCUT2D eigenvalue weighted by atomic mass is 16.5. The molecule has 3 heteroatoms. The molecule has 0 amide bonds. The van der Waals surface area contributed by atoms with Crippen LogP contribution in [0.5, 0.6) is 0 Å². The summed E-state index contributed by atoms with van der Waals surface area (Å²) in [6.07, 6.45) is 13.3. The van der Waals surface area contributed by atoms with Crippen molar-refractivity contribution >= 4 is 11.8 Å². The number of ether oxygens (including phenoxy) is 1. The van der Waals surface area contributed by atoms with E-state index in [-0.39, 0.29) is 17.3 Å². The number of carbonyl (C=O) groups excluding carboxylic acids is 2. The summed E-state index contributed by atoms with van der Waals surface area (Å²) in [7, 11) is 0. The molecule has 166 valence electrons. The molecular weight excluding hydrogens is 372 g/mol. The van der Waals surface area contributed by atoms with Crippen molar-refractivity contribution in [2.75, 3.05) is 6.61 Å². The zero-order valence-electron chi connectivity index (χ0n) is 19.3. The molecule has 0 saturated heterocycles. The lowest BCUT2D eigenvalue weighted by atomic mass is 9.28. The standard InChI is InChI=1S/C27H40O3/c1-4-30-24(29)21-9-8-18-16-10-15-27-20-7-5-6-17(20)23(27)22(28)12-14-26(27,3)19(16)11-13-25(18,21)2/h16-21,23H,4-15H2,1-3H3/t16-,17?,18-,19-,20?,21+,23+,25-,26+,27-/m0/s1. The average molecular weight is 413 g/mol. The smallest absolute Gasteiger partial charge is 0.309 e. The third kappa shape index (κ3) is 2.09. The zero-order valence-corrected chi connectivity index (χ0v) is 19.3. The van der Waals surface area contributed by atoms with Gasteiger partial charge in [-0.25, -0.2) is 0 Å². The van der Waals surface area contributed by atoms with Gasteiger partial charge in [0.2, 0.25) is 0 Å². The summed E-state index contributed by atoms with van der Waals surface area (Å²) in [6.45, 7) is 7.47. The maximum Gasteiger partial charge on any atom is 0.309 e. The van der Waals surface area contributed by atoms with E-state index in [0.29, 0.717) is 35.1 Å². The van der Waals surface area contributed by atoms with E-state index in [9.17, 15) is 9.59 Å². The summed E-state index contributed by atoms with van der Waals surface area (Å²) in [5, 5.41) is 0. The van der Waals surface area contributed by atoms with E-state index in [4.69, 9.17) is 4.74 Å². The first-order chi connectivity index (χ1) is 14.4. The molecule has 0 radical (unpaired) electrons. The minimum absolute atomic E-state index is 0.0653. The van der Waals surface area contributed by atoms with Crippen LogP contribution in [0, 0.1) is 57.7 Å². The van der Waals surface area contributed by atoms with E-state index in [1.165, 1.54) is 51.4 Å². The van der Waals surface area contributed by atoms with Gasteiger partial charge >= 0.3 is 5.97 Å². The van der Waals surface area contributed by atoms with Crippen LogP contribution < -0.4 is 0 Å². The predicted octanol–water partition coefficient (Wildman–Crippen LogP) is 5.80. The van der Waals surface area contributed by atoms with Crippen LogP contribution in [-0.2, 0) is 14.3 Å². The first-order valence-electron chi connectivity index (χ1n) is 13.1. The van der Waals surface area contributed by atoms with Gasteiger partial charge in [-0.15, -0.1) is 0 Å². The number of carbonyl (C=O) groups is 2. The van der Waals surface area contributed by atoms with Crippen LogP contribution >= 0.6 is 0 Å². The van der Waals surface area contributed by atoms with Crippen LogP contribution in [-0.4, -0.2) is 18.4 Å². The molecule has 0 aromatic rings. The van der Waals surface area contributed by atoms with Gasteiger partial charge in [0.25, 0.3) is 0 Å². The molecule has 6 rings (SSSR count). The van der Waals surface area contributed by atoms with Crippen LogP contribution in [0.1, 0.15) is 91.4 Å². The van der Waals surface area contributed by atoms with Gasteiger partial charge in [-0.3, -0.25) is 9.59 Å².